The number of fused-ring (bicyclic) bond motifs is 3. The lowest BCUT2D eigenvalue weighted by molar-refractivity contribution is 0.102. The van der Waals surface area contributed by atoms with Gasteiger partial charge in [0.2, 0.25) is 11.6 Å². The fourth-order valence-corrected chi connectivity index (χ4v) is 4.85. The van der Waals surface area contributed by atoms with Gasteiger partial charge in [0.1, 0.15) is 11.3 Å². The van der Waals surface area contributed by atoms with Crippen molar-refractivity contribution >= 4 is 44.2 Å². The summed E-state index contributed by atoms with van der Waals surface area (Å²) >= 11 is 1.21. The van der Waals surface area contributed by atoms with Gasteiger partial charge in [0.15, 0.2) is 11.5 Å². The second kappa shape index (κ2) is 8.80. The predicted molar refractivity (Wildman–Crippen MR) is 132 cm³/mol. The van der Waals surface area contributed by atoms with Gasteiger partial charge in [-0.2, -0.15) is 0 Å². The Labute approximate surface area is 202 Å². The van der Waals surface area contributed by atoms with E-state index in [4.69, 9.17) is 23.2 Å². The van der Waals surface area contributed by atoms with Crippen LogP contribution in [-0.4, -0.2) is 32.4 Å². The molecule has 35 heavy (non-hydrogen) atoms. The Morgan fingerprint density at radius 2 is 1.71 bits per heavy atom. The van der Waals surface area contributed by atoms with E-state index in [0.717, 1.165) is 10.9 Å². The van der Waals surface area contributed by atoms with Crippen molar-refractivity contribution < 1.29 is 27.9 Å². The SMILES string of the molecule is COc1cc(-c2cc(NC(=O)c3cc4c(=O)oc5ccc(C)cc5c4s3)on2)cc(OC)c1OC. The van der Waals surface area contributed by atoms with Crippen molar-refractivity contribution in [2.45, 2.75) is 6.92 Å². The molecule has 2 aromatic carbocycles. The van der Waals surface area contributed by atoms with Crippen molar-refractivity contribution in [3.63, 3.8) is 0 Å². The van der Waals surface area contributed by atoms with Gasteiger partial charge in [0.25, 0.3) is 5.91 Å². The highest BCUT2D eigenvalue weighted by atomic mass is 32.1. The third-order valence-electron chi connectivity index (χ3n) is 5.47. The zero-order valence-electron chi connectivity index (χ0n) is 19.3. The standard InChI is InChI=1S/C25H20N2O7S/c1-12-5-6-17-14(7-12)23-15(25(29)33-17)10-20(35-23)24(28)26-21-11-16(27-34-21)13-8-18(30-2)22(32-4)19(9-13)31-3/h5-11H,1-4H3,(H,26,28). The molecule has 9 nitrogen and oxygen atoms in total. The van der Waals surface area contributed by atoms with Gasteiger partial charge in [-0.1, -0.05) is 16.8 Å². The molecule has 3 heterocycles. The first-order chi connectivity index (χ1) is 16.9. The van der Waals surface area contributed by atoms with Crippen LogP contribution >= 0.6 is 11.3 Å². The number of nitrogens with zero attached hydrogens (tertiary/aromatic N) is 1. The van der Waals surface area contributed by atoms with Gasteiger partial charge >= 0.3 is 5.63 Å². The molecule has 3 aromatic heterocycles. The molecular formula is C25H20N2O7S. The number of aryl methyl sites for hydroxylation is 1. The molecule has 0 aliphatic carbocycles. The second-order valence-electron chi connectivity index (χ2n) is 7.69. The van der Waals surface area contributed by atoms with Crippen molar-refractivity contribution in [2.24, 2.45) is 0 Å². The highest BCUT2D eigenvalue weighted by Gasteiger charge is 2.19. The molecule has 0 unspecified atom stereocenters. The third kappa shape index (κ3) is 3.97. The number of amides is 1. The van der Waals surface area contributed by atoms with E-state index < -0.39 is 11.5 Å². The first-order valence-corrected chi connectivity index (χ1v) is 11.3. The van der Waals surface area contributed by atoms with E-state index in [-0.39, 0.29) is 5.88 Å². The van der Waals surface area contributed by atoms with Crippen LogP contribution in [0, 0.1) is 6.92 Å². The van der Waals surface area contributed by atoms with Crippen LogP contribution in [0.3, 0.4) is 0 Å². The summed E-state index contributed by atoms with van der Waals surface area (Å²) in [6.07, 6.45) is 0. The minimum absolute atomic E-state index is 0.143. The highest BCUT2D eigenvalue weighted by molar-refractivity contribution is 7.21. The Morgan fingerprint density at radius 3 is 2.40 bits per heavy atom. The van der Waals surface area contributed by atoms with Gasteiger partial charge in [-0.3, -0.25) is 10.1 Å². The molecule has 178 valence electrons. The van der Waals surface area contributed by atoms with Gasteiger partial charge in [-0.25, -0.2) is 4.79 Å². The highest BCUT2D eigenvalue weighted by Crippen LogP contribution is 2.41. The van der Waals surface area contributed by atoms with Crippen LogP contribution in [0.2, 0.25) is 0 Å². The molecule has 0 fully saturated rings. The average molecular weight is 493 g/mol. The van der Waals surface area contributed by atoms with Crippen LogP contribution < -0.4 is 25.2 Å². The number of hydrogen-bond acceptors (Lipinski definition) is 9. The summed E-state index contributed by atoms with van der Waals surface area (Å²) in [7, 11) is 4.56. The minimum Gasteiger partial charge on any atom is -0.493 e. The van der Waals surface area contributed by atoms with Crippen molar-refractivity contribution in [3.05, 3.63) is 63.3 Å². The first kappa shape index (κ1) is 22.5. The molecule has 10 heteroatoms. The minimum atomic E-state index is -0.490. The van der Waals surface area contributed by atoms with Crippen LogP contribution in [0.1, 0.15) is 15.2 Å². The number of carbonyl (C=O) groups is 1. The summed E-state index contributed by atoms with van der Waals surface area (Å²) in [5, 5.41) is 7.87. The van der Waals surface area contributed by atoms with E-state index in [1.165, 1.54) is 38.7 Å². The molecule has 0 aliphatic heterocycles. The maximum Gasteiger partial charge on any atom is 0.345 e. The molecule has 1 N–H and O–H groups in total. The van der Waals surface area contributed by atoms with Crippen LogP contribution in [0.4, 0.5) is 5.88 Å². The maximum atomic E-state index is 13.0. The van der Waals surface area contributed by atoms with Crippen molar-refractivity contribution in [2.75, 3.05) is 26.6 Å². The fourth-order valence-electron chi connectivity index (χ4n) is 3.79. The largest absolute Gasteiger partial charge is 0.493 e. The maximum absolute atomic E-state index is 13.0. The quantitative estimate of drug-likeness (QED) is 0.320. The lowest BCUT2D eigenvalue weighted by atomic mass is 10.1. The normalized spacial score (nSPS) is 11.1. The lowest BCUT2D eigenvalue weighted by Gasteiger charge is -2.13. The molecule has 0 spiro atoms. The van der Waals surface area contributed by atoms with E-state index >= 15 is 0 Å². The van der Waals surface area contributed by atoms with Crippen molar-refractivity contribution in [1.82, 2.24) is 5.16 Å². The second-order valence-corrected chi connectivity index (χ2v) is 8.74. The molecule has 5 aromatic rings. The van der Waals surface area contributed by atoms with Gasteiger partial charge in [-0.05, 0) is 37.3 Å². The van der Waals surface area contributed by atoms with Gasteiger partial charge in [0, 0.05) is 17.0 Å². The number of aromatic nitrogens is 1. The van der Waals surface area contributed by atoms with Crippen LogP contribution in [-0.2, 0) is 0 Å². The van der Waals surface area contributed by atoms with E-state index in [2.05, 4.69) is 10.5 Å². The Hall–Kier alpha value is -4.31. The Morgan fingerprint density at radius 1 is 0.971 bits per heavy atom. The summed E-state index contributed by atoms with van der Waals surface area (Å²) in [6, 6.07) is 12.1. The number of methoxy groups -OCH3 is 3. The number of anilines is 1. The van der Waals surface area contributed by atoms with Gasteiger partial charge in [-0.15, -0.1) is 11.3 Å². The van der Waals surface area contributed by atoms with E-state index in [1.54, 1.807) is 24.3 Å². The molecule has 0 saturated carbocycles. The van der Waals surface area contributed by atoms with Crippen LogP contribution in [0.25, 0.3) is 32.3 Å². The first-order valence-electron chi connectivity index (χ1n) is 10.5. The lowest BCUT2D eigenvalue weighted by Crippen LogP contribution is -2.09. The molecular weight excluding hydrogens is 472 g/mol. The van der Waals surface area contributed by atoms with Crippen molar-refractivity contribution in [1.29, 1.82) is 0 Å². The number of benzene rings is 2. The topological polar surface area (TPSA) is 113 Å². The number of thiophene rings is 1. The molecule has 0 saturated heterocycles. The molecule has 0 bridgehead atoms. The van der Waals surface area contributed by atoms with Gasteiger partial charge in [0.05, 0.1) is 36.3 Å². The summed E-state index contributed by atoms with van der Waals surface area (Å²) < 4.78 is 27.5. The Balaban J connectivity index is 1.46. The van der Waals surface area contributed by atoms with Crippen LogP contribution in [0.15, 0.2) is 56.2 Å². The van der Waals surface area contributed by atoms with Crippen LogP contribution in [0.5, 0.6) is 17.2 Å². The molecule has 1 amide bonds. The Bertz CT molecular complexity index is 1620. The number of nitrogens with one attached hydrogen (secondary N) is 1. The monoisotopic (exact) mass is 492 g/mol. The van der Waals surface area contributed by atoms with Crippen molar-refractivity contribution in [3.8, 4) is 28.5 Å². The summed E-state index contributed by atoms with van der Waals surface area (Å²) in [5.74, 6) is 1.08. The van der Waals surface area contributed by atoms with Gasteiger partial charge < -0.3 is 23.2 Å². The number of ether oxygens (including phenoxy) is 3. The zero-order chi connectivity index (χ0) is 24.7. The summed E-state index contributed by atoms with van der Waals surface area (Å²) in [4.78, 5) is 25.7. The zero-order valence-corrected chi connectivity index (χ0v) is 20.1. The average Bonchev–Trinajstić information content (AvgIpc) is 3.52. The number of rotatable bonds is 6. The number of carbonyl (C=O) groups excluding carboxylic acids is 1. The molecule has 0 atom stereocenters. The third-order valence-corrected chi connectivity index (χ3v) is 6.63. The van der Waals surface area contributed by atoms with E-state index in [1.807, 2.05) is 19.1 Å². The summed E-state index contributed by atoms with van der Waals surface area (Å²) in [6.45, 7) is 1.95. The fraction of sp³-hybridized carbons (Fsp3) is 0.160. The summed E-state index contributed by atoms with van der Waals surface area (Å²) in [5.41, 5.74) is 2.11. The smallest absolute Gasteiger partial charge is 0.345 e. The molecule has 0 aliphatic rings. The number of hydrogen-bond donors (Lipinski definition) is 1. The van der Waals surface area contributed by atoms with E-state index in [0.29, 0.717) is 49.1 Å². The predicted octanol–water partition coefficient (Wildman–Crippen LogP) is 5.25. The molecule has 0 radical (unpaired) electrons. The Kier molecular flexibility index (Phi) is 5.65. The van der Waals surface area contributed by atoms with E-state index in [9.17, 15) is 9.59 Å². The molecule has 5 rings (SSSR count).